The predicted molar refractivity (Wildman–Crippen MR) is 111 cm³/mol. The second-order valence-corrected chi connectivity index (χ2v) is 6.01. The van der Waals surface area contributed by atoms with Crippen molar-refractivity contribution < 1.29 is 14.3 Å². The molecule has 3 aromatic rings. The number of para-hydroxylation sites is 1. The summed E-state index contributed by atoms with van der Waals surface area (Å²) in [7, 11) is 3.19. The molecule has 0 aliphatic heterocycles. The maximum absolute atomic E-state index is 12.8. The molecule has 1 N–H and O–H groups in total. The van der Waals surface area contributed by atoms with Gasteiger partial charge in [-0.3, -0.25) is 4.79 Å². The van der Waals surface area contributed by atoms with E-state index in [0.29, 0.717) is 23.7 Å². The van der Waals surface area contributed by atoms with Crippen LogP contribution in [0.25, 0.3) is 0 Å². The van der Waals surface area contributed by atoms with E-state index in [2.05, 4.69) is 10.3 Å². The second kappa shape index (κ2) is 8.90. The molecule has 1 amide bonds. The molecule has 0 atom stereocenters. The molecule has 0 bridgehead atoms. The lowest BCUT2D eigenvalue weighted by Crippen LogP contribution is -2.31. The monoisotopic (exact) mass is 377 g/mol. The number of benzene rings is 2. The molecule has 28 heavy (non-hydrogen) atoms. The first-order valence-corrected chi connectivity index (χ1v) is 8.98. The number of hydrogen-bond acceptors (Lipinski definition) is 5. The molecule has 0 radical (unpaired) electrons. The molecule has 0 spiro atoms. The predicted octanol–water partition coefficient (Wildman–Crippen LogP) is 4.51. The third-order valence-corrected chi connectivity index (χ3v) is 4.28. The summed E-state index contributed by atoms with van der Waals surface area (Å²) in [6.45, 7) is 2.51. The Hall–Kier alpha value is -3.54. The van der Waals surface area contributed by atoms with Gasteiger partial charge in [-0.2, -0.15) is 0 Å². The SMILES string of the molecule is CCN(C(=O)c1ccc(Nc2ccc(OC)c(OC)c2)cn1)c1ccccc1. The Balaban J connectivity index is 1.75. The van der Waals surface area contributed by atoms with Gasteiger partial charge in [-0.05, 0) is 43.3 Å². The molecule has 1 aromatic heterocycles. The van der Waals surface area contributed by atoms with Crippen LogP contribution in [0.4, 0.5) is 17.1 Å². The average Bonchev–Trinajstić information content (AvgIpc) is 2.75. The maximum atomic E-state index is 12.8. The Morgan fingerprint density at radius 2 is 1.68 bits per heavy atom. The molecule has 0 saturated heterocycles. The molecular weight excluding hydrogens is 354 g/mol. The van der Waals surface area contributed by atoms with E-state index >= 15 is 0 Å². The van der Waals surface area contributed by atoms with Gasteiger partial charge in [0.1, 0.15) is 5.69 Å². The lowest BCUT2D eigenvalue weighted by Gasteiger charge is -2.20. The van der Waals surface area contributed by atoms with Crippen molar-refractivity contribution in [3.8, 4) is 11.5 Å². The van der Waals surface area contributed by atoms with Crippen molar-refractivity contribution in [1.82, 2.24) is 4.98 Å². The van der Waals surface area contributed by atoms with Crippen LogP contribution < -0.4 is 19.7 Å². The van der Waals surface area contributed by atoms with Crippen molar-refractivity contribution in [3.63, 3.8) is 0 Å². The van der Waals surface area contributed by atoms with Crippen molar-refractivity contribution in [2.45, 2.75) is 6.92 Å². The fraction of sp³-hybridized carbons (Fsp3) is 0.182. The Morgan fingerprint density at radius 1 is 0.964 bits per heavy atom. The summed E-state index contributed by atoms with van der Waals surface area (Å²) in [5.74, 6) is 1.16. The average molecular weight is 377 g/mol. The van der Waals surface area contributed by atoms with Crippen molar-refractivity contribution in [1.29, 1.82) is 0 Å². The van der Waals surface area contributed by atoms with Crippen LogP contribution in [0.15, 0.2) is 66.9 Å². The van der Waals surface area contributed by atoms with Gasteiger partial charge < -0.3 is 19.7 Å². The van der Waals surface area contributed by atoms with Gasteiger partial charge in [-0.1, -0.05) is 18.2 Å². The molecule has 2 aromatic carbocycles. The number of pyridine rings is 1. The number of nitrogens with one attached hydrogen (secondary N) is 1. The van der Waals surface area contributed by atoms with E-state index in [1.54, 1.807) is 31.4 Å². The first-order valence-electron chi connectivity index (χ1n) is 8.98. The van der Waals surface area contributed by atoms with Gasteiger partial charge in [0, 0.05) is 24.0 Å². The van der Waals surface area contributed by atoms with Crippen molar-refractivity contribution in [2.24, 2.45) is 0 Å². The molecule has 144 valence electrons. The lowest BCUT2D eigenvalue weighted by molar-refractivity contribution is 0.0983. The van der Waals surface area contributed by atoms with Crippen LogP contribution in [0.5, 0.6) is 11.5 Å². The maximum Gasteiger partial charge on any atom is 0.276 e. The van der Waals surface area contributed by atoms with Gasteiger partial charge in [0.2, 0.25) is 0 Å². The molecule has 0 saturated carbocycles. The number of aromatic nitrogens is 1. The molecule has 6 heteroatoms. The molecule has 0 aliphatic rings. The zero-order chi connectivity index (χ0) is 19.9. The smallest absolute Gasteiger partial charge is 0.276 e. The highest BCUT2D eigenvalue weighted by molar-refractivity contribution is 6.04. The van der Waals surface area contributed by atoms with Gasteiger partial charge in [0.15, 0.2) is 11.5 Å². The standard InChI is InChI=1S/C22H23N3O3/c1-4-25(18-8-6-5-7-9-18)22(26)19-12-10-17(15-23-19)24-16-11-13-20(27-2)21(14-16)28-3/h5-15,24H,4H2,1-3H3. The van der Waals surface area contributed by atoms with Gasteiger partial charge in [0.05, 0.1) is 26.1 Å². The Labute approximate surface area is 164 Å². The third kappa shape index (κ3) is 4.23. The topological polar surface area (TPSA) is 63.7 Å². The summed E-state index contributed by atoms with van der Waals surface area (Å²) in [6, 6.07) is 18.7. The summed E-state index contributed by atoms with van der Waals surface area (Å²) in [6.07, 6.45) is 1.64. The van der Waals surface area contributed by atoms with Crippen LogP contribution in [-0.4, -0.2) is 31.7 Å². The minimum atomic E-state index is -0.133. The number of carbonyl (C=O) groups excluding carboxylic acids is 1. The number of carbonyl (C=O) groups is 1. The lowest BCUT2D eigenvalue weighted by atomic mass is 10.2. The summed E-state index contributed by atoms with van der Waals surface area (Å²) in [5.41, 5.74) is 2.84. The molecule has 0 fully saturated rings. The molecule has 1 heterocycles. The quantitative estimate of drug-likeness (QED) is 0.656. The van der Waals surface area contributed by atoms with E-state index in [-0.39, 0.29) is 5.91 Å². The Morgan fingerprint density at radius 3 is 2.29 bits per heavy atom. The number of rotatable bonds is 7. The Kier molecular flexibility index (Phi) is 6.11. The fourth-order valence-electron chi connectivity index (χ4n) is 2.86. The van der Waals surface area contributed by atoms with Crippen LogP contribution >= 0.6 is 0 Å². The van der Waals surface area contributed by atoms with Gasteiger partial charge >= 0.3 is 0 Å². The highest BCUT2D eigenvalue weighted by Crippen LogP contribution is 2.31. The van der Waals surface area contributed by atoms with E-state index < -0.39 is 0 Å². The number of amides is 1. The number of methoxy groups -OCH3 is 2. The highest BCUT2D eigenvalue weighted by atomic mass is 16.5. The summed E-state index contributed by atoms with van der Waals surface area (Å²) >= 11 is 0. The number of ether oxygens (including phenoxy) is 2. The minimum Gasteiger partial charge on any atom is -0.493 e. The summed E-state index contributed by atoms with van der Waals surface area (Å²) < 4.78 is 10.6. The van der Waals surface area contributed by atoms with Crippen LogP contribution in [0.1, 0.15) is 17.4 Å². The normalized spacial score (nSPS) is 10.2. The molecule has 3 rings (SSSR count). The van der Waals surface area contributed by atoms with Crippen LogP contribution in [0.2, 0.25) is 0 Å². The van der Waals surface area contributed by atoms with Crippen molar-refractivity contribution in [3.05, 3.63) is 72.6 Å². The first-order chi connectivity index (χ1) is 13.7. The Bertz CT molecular complexity index is 928. The van der Waals surface area contributed by atoms with Gasteiger partial charge in [-0.25, -0.2) is 4.98 Å². The third-order valence-electron chi connectivity index (χ3n) is 4.28. The second-order valence-electron chi connectivity index (χ2n) is 6.01. The fourth-order valence-corrected chi connectivity index (χ4v) is 2.86. The van der Waals surface area contributed by atoms with Gasteiger partial charge in [0.25, 0.3) is 5.91 Å². The summed E-state index contributed by atoms with van der Waals surface area (Å²) in [5, 5.41) is 3.25. The van der Waals surface area contributed by atoms with Crippen LogP contribution in [0.3, 0.4) is 0 Å². The molecular formula is C22H23N3O3. The first kappa shape index (κ1) is 19.2. The molecule has 0 aliphatic carbocycles. The van der Waals surface area contributed by atoms with E-state index in [0.717, 1.165) is 17.1 Å². The minimum absolute atomic E-state index is 0.133. The number of nitrogens with zero attached hydrogens (tertiary/aromatic N) is 2. The zero-order valence-electron chi connectivity index (χ0n) is 16.2. The molecule has 0 unspecified atom stereocenters. The highest BCUT2D eigenvalue weighted by Gasteiger charge is 2.17. The zero-order valence-corrected chi connectivity index (χ0v) is 16.2. The van der Waals surface area contributed by atoms with E-state index in [9.17, 15) is 4.79 Å². The largest absolute Gasteiger partial charge is 0.493 e. The number of hydrogen-bond donors (Lipinski definition) is 1. The van der Waals surface area contributed by atoms with E-state index in [1.807, 2.05) is 61.5 Å². The number of anilines is 3. The van der Waals surface area contributed by atoms with Crippen molar-refractivity contribution >= 4 is 23.0 Å². The summed E-state index contributed by atoms with van der Waals surface area (Å²) in [4.78, 5) is 18.8. The molecule has 6 nitrogen and oxygen atoms in total. The van der Waals surface area contributed by atoms with Crippen LogP contribution in [-0.2, 0) is 0 Å². The van der Waals surface area contributed by atoms with E-state index in [1.165, 1.54) is 0 Å². The van der Waals surface area contributed by atoms with Crippen molar-refractivity contribution in [2.75, 3.05) is 31.0 Å². The van der Waals surface area contributed by atoms with Gasteiger partial charge in [-0.15, -0.1) is 0 Å². The van der Waals surface area contributed by atoms with E-state index in [4.69, 9.17) is 9.47 Å². The van der Waals surface area contributed by atoms with Crippen LogP contribution in [0, 0.1) is 0 Å².